The van der Waals surface area contributed by atoms with Gasteiger partial charge in [-0.3, -0.25) is 9.59 Å². The molecule has 0 radical (unpaired) electrons. The van der Waals surface area contributed by atoms with E-state index in [4.69, 9.17) is 16.3 Å². The standard InChI is InChI=1S/C20H25ClN4O3/c1-14-10-16(15(2)25(14)18-7-4-6-17(21)11-18)13-23-24-20(27)12-19(26)22-8-5-9-28-3/h4,6-7,10-11,13H,5,8-9,12H2,1-3H3,(H,22,26)(H,24,27)/b23-13+. The summed E-state index contributed by atoms with van der Waals surface area (Å²) in [4.78, 5) is 23.5. The highest BCUT2D eigenvalue weighted by atomic mass is 35.5. The van der Waals surface area contributed by atoms with Gasteiger partial charge in [-0.05, 0) is 44.5 Å². The van der Waals surface area contributed by atoms with Crippen LogP contribution in [0.1, 0.15) is 29.8 Å². The average molecular weight is 405 g/mol. The van der Waals surface area contributed by atoms with Crippen molar-refractivity contribution in [3.05, 3.63) is 52.3 Å². The van der Waals surface area contributed by atoms with Crippen molar-refractivity contribution in [1.82, 2.24) is 15.3 Å². The first kappa shape index (κ1) is 21.7. The summed E-state index contributed by atoms with van der Waals surface area (Å²) < 4.78 is 6.95. The largest absolute Gasteiger partial charge is 0.385 e. The Labute approximate surface area is 169 Å². The van der Waals surface area contributed by atoms with E-state index in [9.17, 15) is 9.59 Å². The maximum atomic E-state index is 11.8. The van der Waals surface area contributed by atoms with Crippen LogP contribution in [-0.2, 0) is 14.3 Å². The lowest BCUT2D eigenvalue weighted by Gasteiger charge is -2.09. The maximum absolute atomic E-state index is 11.8. The Bertz CT molecular complexity index is 861. The van der Waals surface area contributed by atoms with E-state index in [-0.39, 0.29) is 12.3 Å². The molecule has 0 fully saturated rings. The number of benzene rings is 1. The van der Waals surface area contributed by atoms with Gasteiger partial charge >= 0.3 is 0 Å². The van der Waals surface area contributed by atoms with Crippen LogP contribution < -0.4 is 10.7 Å². The van der Waals surface area contributed by atoms with Gasteiger partial charge in [-0.1, -0.05) is 17.7 Å². The zero-order chi connectivity index (χ0) is 20.5. The third-order valence-electron chi connectivity index (χ3n) is 4.10. The summed E-state index contributed by atoms with van der Waals surface area (Å²) in [6.45, 7) is 4.98. The summed E-state index contributed by atoms with van der Waals surface area (Å²) in [7, 11) is 1.60. The van der Waals surface area contributed by atoms with E-state index in [2.05, 4.69) is 20.4 Å². The molecule has 8 heteroatoms. The Kier molecular flexibility index (Phi) is 8.22. The molecular formula is C20H25ClN4O3. The molecule has 0 spiro atoms. The predicted molar refractivity (Wildman–Crippen MR) is 110 cm³/mol. The van der Waals surface area contributed by atoms with Crippen molar-refractivity contribution < 1.29 is 14.3 Å². The average Bonchev–Trinajstić information content (AvgIpc) is 2.92. The van der Waals surface area contributed by atoms with Crippen molar-refractivity contribution in [3.8, 4) is 5.69 Å². The number of amides is 2. The second-order valence-electron chi connectivity index (χ2n) is 6.31. The van der Waals surface area contributed by atoms with E-state index in [0.717, 1.165) is 22.6 Å². The van der Waals surface area contributed by atoms with Crippen molar-refractivity contribution in [2.24, 2.45) is 5.10 Å². The van der Waals surface area contributed by atoms with E-state index >= 15 is 0 Å². The fourth-order valence-corrected chi connectivity index (χ4v) is 2.98. The molecule has 28 heavy (non-hydrogen) atoms. The lowest BCUT2D eigenvalue weighted by atomic mass is 10.2. The van der Waals surface area contributed by atoms with Gasteiger partial charge < -0.3 is 14.6 Å². The van der Waals surface area contributed by atoms with Gasteiger partial charge in [-0.15, -0.1) is 0 Å². The third kappa shape index (κ3) is 6.21. The SMILES string of the molecule is COCCCNC(=O)CC(=O)N/N=C/c1cc(C)n(-c2cccc(Cl)c2)c1C. The number of ether oxygens (including phenoxy) is 1. The van der Waals surface area contributed by atoms with E-state index in [1.165, 1.54) is 0 Å². The number of hydrogen-bond acceptors (Lipinski definition) is 4. The Morgan fingerprint density at radius 1 is 1.25 bits per heavy atom. The zero-order valence-electron chi connectivity index (χ0n) is 16.3. The van der Waals surface area contributed by atoms with E-state index in [1.54, 1.807) is 13.3 Å². The summed E-state index contributed by atoms with van der Waals surface area (Å²) in [6.07, 6.45) is 1.99. The molecule has 0 aliphatic rings. The molecule has 1 heterocycles. The highest BCUT2D eigenvalue weighted by Crippen LogP contribution is 2.22. The number of nitrogens with zero attached hydrogens (tertiary/aromatic N) is 2. The molecule has 2 N–H and O–H groups in total. The molecule has 7 nitrogen and oxygen atoms in total. The van der Waals surface area contributed by atoms with Crippen LogP contribution >= 0.6 is 11.6 Å². The normalized spacial score (nSPS) is 11.0. The second-order valence-corrected chi connectivity index (χ2v) is 6.74. The highest BCUT2D eigenvalue weighted by Gasteiger charge is 2.11. The number of aromatic nitrogens is 1. The number of methoxy groups -OCH3 is 1. The first-order valence-corrected chi connectivity index (χ1v) is 9.32. The van der Waals surface area contributed by atoms with Gasteiger partial charge in [0.2, 0.25) is 11.8 Å². The van der Waals surface area contributed by atoms with Crippen LogP contribution in [0, 0.1) is 13.8 Å². The number of halogens is 1. The summed E-state index contributed by atoms with van der Waals surface area (Å²) in [6, 6.07) is 9.54. The van der Waals surface area contributed by atoms with Gasteiger partial charge in [0.05, 0.1) is 6.21 Å². The maximum Gasteiger partial charge on any atom is 0.249 e. The first-order valence-electron chi connectivity index (χ1n) is 8.94. The molecule has 1 aromatic heterocycles. The summed E-state index contributed by atoms with van der Waals surface area (Å²) in [5.41, 5.74) is 6.18. The predicted octanol–water partition coefficient (Wildman–Crippen LogP) is 2.74. The van der Waals surface area contributed by atoms with Gasteiger partial charge in [0, 0.05) is 47.9 Å². The van der Waals surface area contributed by atoms with E-state index in [1.807, 2.05) is 44.2 Å². The van der Waals surface area contributed by atoms with Gasteiger partial charge in [0.25, 0.3) is 0 Å². The van der Waals surface area contributed by atoms with Gasteiger partial charge in [-0.25, -0.2) is 5.43 Å². The van der Waals surface area contributed by atoms with Crippen LogP contribution in [0.15, 0.2) is 35.4 Å². The monoisotopic (exact) mass is 404 g/mol. The van der Waals surface area contributed by atoms with Crippen molar-refractivity contribution in [3.63, 3.8) is 0 Å². The third-order valence-corrected chi connectivity index (χ3v) is 4.33. The Morgan fingerprint density at radius 2 is 2.04 bits per heavy atom. The first-order chi connectivity index (χ1) is 13.4. The summed E-state index contributed by atoms with van der Waals surface area (Å²) >= 11 is 6.09. The van der Waals surface area contributed by atoms with Gasteiger partial charge in [-0.2, -0.15) is 5.10 Å². The molecule has 1 aromatic carbocycles. The van der Waals surface area contributed by atoms with Crippen LogP contribution in [0.3, 0.4) is 0 Å². The molecule has 0 saturated carbocycles. The van der Waals surface area contributed by atoms with Crippen molar-refractivity contribution >= 4 is 29.6 Å². The number of carbonyl (C=O) groups is 2. The molecule has 0 aliphatic carbocycles. The quantitative estimate of drug-likeness (QED) is 0.291. The second kappa shape index (κ2) is 10.6. The van der Waals surface area contributed by atoms with Crippen LogP contribution in [0.4, 0.5) is 0 Å². The van der Waals surface area contributed by atoms with E-state index < -0.39 is 5.91 Å². The molecule has 0 atom stereocenters. The minimum Gasteiger partial charge on any atom is -0.385 e. The molecule has 150 valence electrons. The molecule has 0 aliphatic heterocycles. The van der Waals surface area contributed by atoms with Crippen molar-refractivity contribution in [2.75, 3.05) is 20.3 Å². The van der Waals surface area contributed by atoms with Crippen molar-refractivity contribution in [1.29, 1.82) is 0 Å². The fourth-order valence-electron chi connectivity index (χ4n) is 2.80. The molecular weight excluding hydrogens is 380 g/mol. The summed E-state index contributed by atoms with van der Waals surface area (Å²) in [5.74, 6) is -0.813. The number of carbonyl (C=O) groups excluding carboxylic acids is 2. The highest BCUT2D eigenvalue weighted by molar-refractivity contribution is 6.30. The molecule has 0 unspecified atom stereocenters. The number of aryl methyl sites for hydroxylation is 1. The Hall–Kier alpha value is -2.64. The van der Waals surface area contributed by atoms with Crippen LogP contribution in [-0.4, -0.2) is 42.9 Å². The smallest absolute Gasteiger partial charge is 0.249 e. The molecule has 2 rings (SSSR count). The minimum absolute atomic E-state index is 0.272. The number of rotatable bonds is 9. The number of hydrogen-bond donors (Lipinski definition) is 2. The molecule has 0 bridgehead atoms. The topological polar surface area (TPSA) is 84.7 Å². The van der Waals surface area contributed by atoms with Crippen LogP contribution in [0.25, 0.3) is 5.69 Å². The summed E-state index contributed by atoms with van der Waals surface area (Å²) in [5, 5.41) is 7.28. The van der Waals surface area contributed by atoms with Crippen LogP contribution in [0.5, 0.6) is 0 Å². The van der Waals surface area contributed by atoms with Gasteiger partial charge in [0.15, 0.2) is 0 Å². The zero-order valence-corrected chi connectivity index (χ0v) is 17.0. The molecule has 0 saturated heterocycles. The number of nitrogens with one attached hydrogen (secondary N) is 2. The minimum atomic E-state index is -0.468. The van der Waals surface area contributed by atoms with Crippen molar-refractivity contribution in [2.45, 2.75) is 26.7 Å². The molecule has 2 aromatic rings. The molecule has 2 amide bonds. The fraction of sp³-hybridized carbons (Fsp3) is 0.350. The lowest BCUT2D eigenvalue weighted by Crippen LogP contribution is -2.30. The Balaban J connectivity index is 1.93. The number of hydrazone groups is 1. The van der Waals surface area contributed by atoms with Crippen LogP contribution in [0.2, 0.25) is 5.02 Å². The lowest BCUT2D eigenvalue weighted by molar-refractivity contribution is -0.129. The Morgan fingerprint density at radius 3 is 2.75 bits per heavy atom. The van der Waals surface area contributed by atoms with E-state index in [0.29, 0.717) is 24.6 Å². The van der Waals surface area contributed by atoms with Gasteiger partial charge in [0.1, 0.15) is 6.42 Å².